The number of carbonyl (C=O) groups is 3. The smallest absolute Gasteiger partial charge is 0.303 e. The SMILES string of the molecule is CC(=O)OCC(=O)Nc1ccc2c(c1)CCCN2C(=O)c1ccco1. The van der Waals surface area contributed by atoms with Crippen LogP contribution in [0, 0.1) is 0 Å². The number of ether oxygens (including phenoxy) is 1. The molecule has 1 aromatic heterocycles. The first-order chi connectivity index (χ1) is 12.0. The molecule has 2 amide bonds. The molecular formula is C18H18N2O5. The summed E-state index contributed by atoms with van der Waals surface area (Å²) in [5, 5.41) is 2.68. The fourth-order valence-electron chi connectivity index (χ4n) is 2.78. The second-order valence-corrected chi connectivity index (χ2v) is 5.71. The molecule has 1 aliphatic heterocycles. The van der Waals surface area contributed by atoms with Crippen molar-refractivity contribution in [3.63, 3.8) is 0 Å². The molecule has 0 spiro atoms. The van der Waals surface area contributed by atoms with Gasteiger partial charge in [-0.05, 0) is 48.7 Å². The third-order valence-corrected chi connectivity index (χ3v) is 3.87. The Labute approximate surface area is 144 Å². The highest BCUT2D eigenvalue weighted by atomic mass is 16.5. The van der Waals surface area contributed by atoms with Gasteiger partial charge in [0.2, 0.25) is 0 Å². The Morgan fingerprint density at radius 1 is 1.28 bits per heavy atom. The Kier molecular flexibility index (Phi) is 4.83. The molecule has 0 unspecified atom stereocenters. The van der Waals surface area contributed by atoms with Gasteiger partial charge < -0.3 is 19.4 Å². The van der Waals surface area contributed by atoms with Crippen LogP contribution >= 0.6 is 0 Å². The van der Waals surface area contributed by atoms with E-state index in [0.29, 0.717) is 18.0 Å². The van der Waals surface area contributed by atoms with Crippen LogP contribution in [0.15, 0.2) is 41.0 Å². The second-order valence-electron chi connectivity index (χ2n) is 5.71. The Balaban J connectivity index is 1.75. The number of amides is 2. The Morgan fingerprint density at radius 2 is 2.12 bits per heavy atom. The van der Waals surface area contributed by atoms with Crippen LogP contribution in [-0.2, 0) is 20.7 Å². The lowest BCUT2D eigenvalue weighted by molar-refractivity contribution is -0.144. The molecule has 7 heteroatoms. The maximum absolute atomic E-state index is 12.5. The van der Waals surface area contributed by atoms with E-state index in [0.717, 1.165) is 24.1 Å². The molecular weight excluding hydrogens is 324 g/mol. The number of aryl methyl sites for hydroxylation is 1. The summed E-state index contributed by atoms with van der Waals surface area (Å²) in [6.07, 6.45) is 3.11. The number of furan rings is 1. The van der Waals surface area contributed by atoms with Gasteiger partial charge in [0.05, 0.1) is 6.26 Å². The van der Waals surface area contributed by atoms with Gasteiger partial charge in [0.15, 0.2) is 12.4 Å². The van der Waals surface area contributed by atoms with E-state index >= 15 is 0 Å². The first-order valence-corrected chi connectivity index (χ1v) is 7.96. The molecule has 0 atom stereocenters. The minimum absolute atomic E-state index is 0.183. The summed E-state index contributed by atoms with van der Waals surface area (Å²) >= 11 is 0. The van der Waals surface area contributed by atoms with Gasteiger partial charge in [-0.25, -0.2) is 0 Å². The number of fused-ring (bicyclic) bond motifs is 1. The minimum atomic E-state index is -0.507. The summed E-state index contributed by atoms with van der Waals surface area (Å²) in [5.74, 6) is -0.800. The maximum Gasteiger partial charge on any atom is 0.303 e. The van der Waals surface area contributed by atoms with Gasteiger partial charge in [-0.3, -0.25) is 14.4 Å². The van der Waals surface area contributed by atoms with Crippen molar-refractivity contribution in [2.45, 2.75) is 19.8 Å². The first-order valence-electron chi connectivity index (χ1n) is 7.96. The van der Waals surface area contributed by atoms with E-state index in [1.165, 1.54) is 13.2 Å². The van der Waals surface area contributed by atoms with Gasteiger partial charge in [-0.1, -0.05) is 0 Å². The largest absolute Gasteiger partial charge is 0.459 e. The van der Waals surface area contributed by atoms with Crippen LogP contribution in [0.25, 0.3) is 0 Å². The monoisotopic (exact) mass is 342 g/mol. The quantitative estimate of drug-likeness (QED) is 0.862. The normalized spacial score (nSPS) is 13.1. The molecule has 0 radical (unpaired) electrons. The van der Waals surface area contributed by atoms with Crippen molar-refractivity contribution < 1.29 is 23.5 Å². The van der Waals surface area contributed by atoms with Gasteiger partial charge in [0.25, 0.3) is 11.8 Å². The van der Waals surface area contributed by atoms with Crippen LogP contribution in [-0.4, -0.2) is 30.9 Å². The first kappa shape index (κ1) is 16.8. The Morgan fingerprint density at radius 3 is 2.84 bits per heavy atom. The molecule has 3 rings (SSSR count). The molecule has 0 aliphatic carbocycles. The topological polar surface area (TPSA) is 88.9 Å². The summed E-state index contributed by atoms with van der Waals surface area (Å²) in [4.78, 5) is 36.7. The van der Waals surface area contributed by atoms with Gasteiger partial charge in [0.1, 0.15) is 0 Å². The van der Waals surface area contributed by atoms with Crippen molar-refractivity contribution >= 4 is 29.2 Å². The van der Waals surface area contributed by atoms with E-state index in [4.69, 9.17) is 4.42 Å². The lowest BCUT2D eigenvalue weighted by Crippen LogP contribution is -2.35. The van der Waals surface area contributed by atoms with E-state index in [2.05, 4.69) is 10.1 Å². The van der Waals surface area contributed by atoms with Gasteiger partial charge in [0, 0.05) is 24.8 Å². The van der Waals surface area contributed by atoms with Crippen LogP contribution < -0.4 is 10.2 Å². The second kappa shape index (κ2) is 7.21. The molecule has 1 N–H and O–H groups in total. The summed E-state index contributed by atoms with van der Waals surface area (Å²) in [7, 11) is 0. The van der Waals surface area contributed by atoms with Crippen LogP contribution in [0.5, 0.6) is 0 Å². The third kappa shape index (κ3) is 3.88. The molecule has 1 aliphatic rings. The van der Waals surface area contributed by atoms with Crippen LogP contribution in [0.2, 0.25) is 0 Å². The molecule has 0 fully saturated rings. The molecule has 0 bridgehead atoms. The standard InChI is InChI=1S/C18H18N2O5/c1-12(21)25-11-17(22)19-14-6-7-15-13(10-14)4-2-8-20(15)18(23)16-5-3-9-24-16/h3,5-7,9-10H,2,4,8,11H2,1H3,(H,19,22). The van der Waals surface area contributed by atoms with E-state index in [-0.39, 0.29) is 12.5 Å². The van der Waals surface area contributed by atoms with Crippen molar-refractivity contribution in [3.8, 4) is 0 Å². The number of hydrogen-bond acceptors (Lipinski definition) is 5. The number of anilines is 2. The van der Waals surface area contributed by atoms with Crippen molar-refractivity contribution in [1.82, 2.24) is 0 Å². The van der Waals surface area contributed by atoms with Gasteiger partial charge in [-0.15, -0.1) is 0 Å². The highest BCUT2D eigenvalue weighted by Gasteiger charge is 2.25. The lowest BCUT2D eigenvalue weighted by Gasteiger charge is -2.29. The molecule has 25 heavy (non-hydrogen) atoms. The van der Waals surface area contributed by atoms with Crippen LogP contribution in [0.1, 0.15) is 29.5 Å². The summed E-state index contributed by atoms with van der Waals surface area (Å²) in [6.45, 7) is 1.54. The zero-order chi connectivity index (χ0) is 17.8. The molecule has 1 aromatic carbocycles. The number of nitrogens with zero attached hydrogens (tertiary/aromatic N) is 1. The number of esters is 1. The maximum atomic E-state index is 12.5. The average molecular weight is 342 g/mol. The van der Waals surface area contributed by atoms with E-state index in [1.54, 1.807) is 29.2 Å². The highest BCUT2D eigenvalue weighted by molar-refractivity contribution is 6.05. The molecule has 0 saturated heterocycles. The predicted molar refractivity (Wildman–Crippen MR) is 90.4 cm³/mol. The lowest BCUT2D eigenvalue weighted by atomic mass is 10.0. The van der Waals surface area contributed by atoms with Crippen molar-refractivity contribution in [1.29, 1.82) is 0 Å². The van der Waals surface area contributed by atoms with E-state index in [1.807, 2.05) is 6.07 Å². The van der Waals surface area contributed by atoms with E-state index < -0.39 is 11.9 Å². The summed E-state index contributed by atoms with van der Waals surface area (Å²) < 4.78 is 9.86. The zero-order valence-electron chi connectivity index (χ0n) is 13.8. The van der Waals surface area contributed by atoms with Crippen molar-refractivity contribution in [2.24, 2.45) is 0 Å². The van der Waals surface area contributed by atoms with Crippen molar-refractivity contribution in [3.05, 3.63) is 47.9 Å². The van der Waals surface area contributed by atoms with Crippen LogP contribution in [0.3, 0.4) is 0 Å². The fourth-order valence-corrected chi connectivity index (χ4v) is 2.78. The van der Waals surface area contributed by atoms with E-state index in [9.17, 15) is 14.4 Å². The summed E-state index contributed by atoms with van der Waals surface area (Å²) in [6, 6.07) is 8.68. The average Bonchev–Trinajstić information content (AvgIpc) is 3.13. The molecule has 2 aromatic rings. The fraction of sp³-hybridized carbons (Fsp3) is 0.278. The minimum Gasteiger partial charge on any atom is -0.459 e. The number of nitrogens with one attached hydrogen (secondary N) is 1. The van der Waals surface area contributed by atoms with Gasteiger partial charge >= 0.3 is 5.97 Å². The zero-order valence-corrected chi connectivity index (χ0v) is 13.8. The molecule has 130 valence electrons. The molecule has 0 saturated carbocycles. The number of hydrogen-bond donors (Lipinski definition) is 1. The van der Waals surface area contributed by atoms with Gasteiger partial charge in [-0.2, -0.15) is 0 Å². The Bertz CT molecular complexity index is 798. The number of benzene rings is 1. The Hall–Kier alpha value is -3.09. The molecule has 2 heterocycles. The predicted octanol–water partition coefficient (Wildman–Crippen LogP) is 2.37. The highest BCUT2D eigenvalue weighted by Crippen LogP contribution is 2.30. The number of carbonyl (C=O) groups excluding carboxylic acids is 3. The molecule has 7 nitrogen and oxygen atoms in total. The van der Waals surface area contributed by atoms with Crippen molar-refractivity contribution in [2.75, 3.05) is 23.4 Å². The third-order valence-electron chi connectivity index (χ3n) is 3.87. The van der Waals surface area contributed by atoms with Crippen LogP contribution in [0.4, 0.5) is 11.4 Å². The summed E-state index contributed by atoms with van der Waals surface area (Å²) in [5.41, 5.74) is 2.38. The number of rotatable bonds is 4.